The molecular formula is C17H23F3N4O2S2. The normalized spacial score (nSPS) is 12.8. The Kier molecular flexibility index (Phi) is 10.9. The minimum absolute atomic E-state index is 0.0219. The van der Waals surface area contributed by atoms with Crippen molar-refractivity contribution in [2.75, 3.05) is 31.7 Å². The van der Waals surface area contributed by atoms with E-state index in [-0.39, 0.29) is 12.2 Å². The molecule has 1 aromatic rings. The zero-order chi connectivity index (χ0) is 21.0. The van der Waals surface area contributed by atoms with Gasteiger partial charge in [0.05, 0.1) is 18.4 Å². The van der Waals surface area contributed by atoms with Gasteiger partial charge in [-0.25, -0.2) is 4.99 Å². The lowest BCUT2D eigenvalue weighted by Crippen LogP contribution is -2.36. The van der Waals surface area contributed by atoms with Gasteiger partial charge in [-0.15, -0.1) is 0 Å². The van der Waals surface area contributed by atoms with Crippen molar-refractivity contribution >= 4 is 38.9 Å². The van der Waals surface area contributed by atoms with Crippen LogP contribution in [0.3, 0.4) is 0 Å². The van der Waals surface area contributed by atoms with E-state index in [9.17, 15) is 18.0 Å². The van der Waals surface area contributed by atoms with Crippen molar-refractivity contribution in [3.05, 3.63) is 36.0 Å². The number of carbonyl (C=O) groups excluding carboxylic acids is 1. The molecule has 0 atom stereocenters. The maximum absolute atomic E-state index is 13.5. The van der Waals surface area contributed by atoms with E-state index in [1.54, 1.807) is 21.6 Å². The van der Waals surface area contributed by atoms with Gasteiger partial charge in [-0.2, -0.15) is 13.2 Å². The highest BCUT2D eigenvalue weighted by Gasteiger charge is 2.40. The fourth-order valence-electron chi connectivity index (χ4n) is 1.92. The summed E-state index contributed by atoms with van der Waals surface area (Å²) in [6, 6.07) is 5.65. The first-order chi connectivity index (χ1) is 13.3. The summed E-state index contributed by atoms with van der Waals surface area (Å²) in [6.07, 6.45) is -3.63. The van der Waals surface area contributed by atoms with E-state index in [1.807, 2.05) is 0 Å². The Labute approximate surface area is 169 Å². The number of nitrogens with two attached hydrogens (primary N) is 2. The van der Waals surface area contributed by atoms with Gasteiger partial charge >= 0.3 is 6.18 Å². The van der Waals surface area contributed by atoms with E-state index in [0.717, 1.165) is 11.5 Å². The number of ether oxygens (including phenoxy) is 1. The second kappa shape index (κ2) is 12.6. The molecule has 0 saturated carbocycles. The number of rotatable bonds is 11. The minimum Gasteiger partial charge on any atom is -0.497 e. The van der Waals surface area contributed by atoms with Gasteiger partial charge in [-0.05, 0) is 30.7 Å². The Balaban J connectivity index is 2.81. The number of methoxy groups -OCH3 is 1. The van der Waals surface area contributed by atoms with Crippen LogP contribution in [0.25, 0.3) is 0 Å². The van der Waals surface area contributed by atoms with Gasteiger partial charge in [0, 0.05) is 30.8 Å². The van der Waals surface area contributed by atoms with Crippen LogP contribution in [-0.2, 0) is 4.79 Å². The molecule has 28 heavy (non-hydrogen) atoms. The van der Waals surface area contributed by atoms with Gasteiger partial charge in [0.2, 0.25) is 0 Å². The van der Waals surface area contributed by atoms with Gasteiger partial charge in [-0.1, -0.05) is 21.6 Å². The first-order valence-electron chi connectivity index (χ1n) is 8.28. The standard InChI is InChI=1S/C17H23F3N4O2S2/c1-26-13-5-3-12(4-6-13)24-15(17(18,19)20)14(11-22)16(25)23-8-2-9-27-28-10-7-21/h3-6,11H,2,7-10,21-22H2,1H3,(H,23,25). The van der Waals surface area contributed by atoms with Crippen LogP contribution in [-0.4, -0.2) is 49.5 Å². The first kappa shape index (κ1) is 24.2. The van der Waals surface area contributed by atoms with Gasteiger partial charge in [0.1, 0.15) is 5.75 Å². The molecule has 0 aliphatic heterocycles. The molecule has 0 aromatic heterocycles. The van der Waals surface area contributed by atoms with Gasteiger partial charge in [0.15, 0.2) is 5.71 Å². The molecule has 5 N–H and O–H groups in total. The van der Waals surface area contributed by atoms with E-state index in [0.29, 0.717) is 24.9 Å². The summed E-state index contributed by atoms with van der Waals surface area (Å²) in [7, 11) is 4.64. The predicted octanol–water partition coefficient (Wildman–Crippen LogP) is 3.02. The van der Waals surface area contributed by atoms with Crippen LogP contribution >= 0.6 is 21.6 Å². The first-order valence-corrected chi connectivity index (χ1v) is 10.8. The zero-order valence-corrected chi connectivity index (χ0v) is 16.9. The van der Waals surface area contributed by atoms with Crippen LogP contribution in [0.4, 0.5) is 18.9 Å². The molecule has 0 radical (unpaired) electrons. The van der Waals surface area contributed by atoms with Crippen molar-refractivity contribution in [2.24, 2.45) is 16.5 Å². The summed E-state index contributed by atoms with van der Waals surface area (Å²) in [4.78, 5) is 15.8. The number of hydrogen-bond acceptors (Lipinski definition) is 7. The van der Waals surface area contributed by atoms with Crippen molar-refractivity contribution in [3.8, 4) is 5.75 Å². The van der Waals surface area contributed by atoms with Crippen LogP contribution in [0.2, 0.25) is 0 Å². The lowest BCUT2D eigenvalue weighted by atomic mass is 10.1. The molecule has 11 heteroatoms. The zero-order valence-electron chi connectivity index (χ0n) is 15.3. The molecule has 0 fully saturated rings. The summed E-state index contributed by atoms with van der Waals surface area (Å²) >= 11 is 0. The molecule has 0 bridgehead atoms. The van der Waals surface area contributed by atoms with Crippen LogP contribution in [0.15, 0.2) is 41.0 Å². The molecule has 0 saturated heterocycles. The van der Waals surface area contributed by atoms with Crippen molar-refractivity contribution in [1.82, 2.24) is 5.32 Å². The molecule has 0 heterocycles. The van der Waals surface area contributed by atoms with E-state index in [2.05, 4.69) is 10.3 Å². The van der Waals surface area contributed by atoms with Crippen molar-refractivity contribution < 1.29 is 22.7 Å². The molecule has 0 aliphatic carbocycles. The lowest BCUT2D eigenvalue weighted by molar-refractivity contribution is -0.117. The summed E-state index contributed by atoms with van der Waals surface area (Å²) in [5, 5.41) is 2.45. The highest BCUT2D eigenvalue weighted by molar-refractivity contribution is 8.76. The van der Waals surface area contributed by atoms with Gasteiger partial charge in [0.25, 0.3) is 5.91 Å². The SMILES string of the molecule is COc1ccc(N=C(C(=CN)C(=O)NCCCSSCCN)C(F)(F)F)cc1. The third-order valence-electron chi connectivity index (χ3n) is 3.22. The maximum atomic E-state index is 13.5. The molecule has 156 valence electrons. The summed E-state index contributed by atoms with van der Waals surface area (Å²) in [6.45, 7) is 0.798. The number of hydrogen-bond donors (Lipinski definition) is 3. The highest BCUT2D eigenvalue weighted by atomic mass is 33.1. The molecule has 1 rings (SSSR count). The molecule has 0 aliphatic rings. The molecule has 1 aromatic carbocycles. The van der Waals surface area contributed by atoms with Crippen molar-refractivity contribution in [2.45, 2.75) is 12.6 Å². The van der Waals surface area contributed by atoms with Crippen LogP contribution < -0.4 is 21.5 Å². The fourth-order valence-corrected chi connectivity index (χ4v) is 3.86. The molecule has 0 unspecified atom stereocenters. The minimum atomic E-state index is -4.85. The monoisotopic (exact) mass is 436 g/mol. The Hall–Kier alpha value is -1.85. The summed E-state index contributed by atoms with van der Waals surface area (Å²) in [5.41, 5.74) is 8.62. The number of aliphatic imine (C=N–C) groups is 1. The second-order valence-corrected chi connectivity index (χ2v) is 7.98. The van der Waals surface area contributed by atoms with Crippen LogP contribution in [0, 0.1) is 0 Å². The van der Waals surface area contributed by atoms with Gasteiger partial charge in [-0.3, -0.25) is 4.79 Å². The Morgan fingerprint density at radius 2 is 1.89 bits per heavy atom. The summed E-state index contributed by atoms with van der Waals surface area (Å²) in [5.74, 6) is 1.10. The molecule has 6 nitrogen and oxygen atoms in total. The van der Waals surface area contributed by atoms with E-state index in [1.165, 1.54) is 31.4 Å². The molecule has 0 spiro atoms. The molecular weight excluding hydrogens is 413 g/mol. The van der Waals surface area contributed by atoms with Crippen molar-refractivity contribution in [1.29, 1.82) is 0 Å². The van der Waals surface area contributed by atoms with E-state index < -0.39 is 23.4 Å². The number of benzene rings is 1. The number of amides is 1. The average Bonchev–Trinajstić information content (AvgIpc) is 2.67. The largest absolute Gasteiger partial charge is 0.497 e. The molecule has 1 amide bonds. The van der Waals surface area contributed by atoms with Crippen LogP contribution in [0.5, 0.6) is 5.75 Å². The smallest absolute Gasteiger partial charge is 0.434 e. The lowest BCUT2D eigenvalue weighted by Gasteiger charge is -2.14. The van der Waals surface area contributed by atoms with Crippen LogP contribution in [0.1, 0.15) is 6.42 Å². The number of carbonyl (C=O) groups is 1. The van der Waals surface area contributed by atoms with E-state index in [4.69, 9.17) is 16.2 Å². The number of nitrogens with zero attached hydrogens (tertiary/aromatic N) is 1. The van der Waals surface area contributed by atoms with E-state index >= 15 is 0 Å². The Bertz CT molecular complexity index is 680. The third kappa shape index (κ3) is 8.44. The Morgan fingerprint density at radius 3 is 2.43 bits per heavy atom. The second-order valence-electron chi connectivity index (χ2n) is 5.28. The van der Waals surface area contributed by atoms with Gasteiger partial charge < -0.3 is 21.5 Å². The topological polar surface area (TPSA) is 103 Å². The number of halogens is 3. The number of alkyl halides is 3. The predicted molar refractivity (Wildman–Crippen MR) is 110 cm³/mol. The van der Waals surface area contributed by atoms with Crippen molar-refractivity contribution in [3.63, 3.8) is 0 Å². The Morgan fingerprint density at radius 1 is 1.25 bits per heavy atom. The fraction of sp³-hybridized carbons (Fsp3) is 0.412. The maximum Gasteiger partial charge on any atom is 0.434 e. The third-order valence-corrected chi connectivity index (χ3v) is 5.75. The summed E-state index contributed by atoms with van der Waals surface area (Å²) < 4.78 is 45.3. The number of nitrogens with one attached hydrogen (secondary N) is 1. The average molecular weight is 437 g/mol. The quantitative estimate of drug-likeness (QED) is 0.213. The highest BCUT2D eigenvalue weighted by Crippen LogP contribution is 2.27.